The third-order valence-corrected chi connectivity index (χ3v) is 3.50. The molecule has 0 amide bonds. The Morgan fingerprint density at radius 3 is 2.35 bits per heavy atom. The summed E-state index contributed by atoms with van der Waals surface area (Å²) >= 11 is 0. The molecule has 0 unspecified atom stereocenters. The Balaban J connectivity index is 1.98. The molecular formula is C18H23NO4. The van der Waals surface area contributed by atoms with E-state index >= 15 is 0 Å². The van der Waals surface area contributed by atoms with Crippen LogP contribution in [-0.2, 0) is 6.54 Å². The first-order valence-electron chi connectivity index (χ1n) is 7.75. The van der Waals surface area contributed by atoms with E-state index in [2.05, 4.69) is 0 Å². The molecule has 124 valence electrons. The number of nitrogens with zero attached hydrogens (tertiary/aromatic N) is 1. The standard InChI is InChI=1S/C18H23NO4/c1-4-12-23-18-14(2)19(10-9-17(18)20)11-13-22-16-7-5-15(21-3)6-8-16/h5-10H,4,11-13H2,1-3H3. The van der Waals surface area contributed by atoms with Gasteiger partial charge in [-0.05, 0) is 37.6 Å². The Kier molecular flexibility index (Phi) is 6.09. The molecule has 0 saturated heterocycles. The first kappa shape index (κ1) is 16.9. The van der Waals surface area contributed by atoms with Gasteiger partial charge in [-0.3, -0.25) is 4.79 Å². The highest BCUT2D eigenvalue weighted by Gasteiger charge is 2.08. The smallest absolute Gasteiger partial charge is 0.223 e. The summed E-state index contributed by atoms with van der Waals surface area (Å²) in [6.45, 7) is 5.59. The summed E-state index contributed by atoms with van der Waals surface area (Å²) in [5.74, 6) is 2.01. The van der Waals surface area contributed by atoms with Gasteiger partial charge < -0.3 is 18.8 Å². The molecule has 5 nitrogen and oxygen atoms in total. The first-order valence-corrected chi connectivity index (χ1v) is 7.75. The summed E-state index contributed by atoms with van der Waals surface area (Å²) < 4.78 is 18.4. The molecule has 1 heterocycles. The van der Waals surface area contributed by atoms with E-state index in [4.69, 9.17) is 14.2 Å². The van der Waals surface area contributed by atoms with Gasteiger partial charge in [0.05, 0.1) is 26.0 Å². The second kappa shape index (κ2) is 8.27. The second-order valence-corrected chi connectivity index (χ2v) is 5.16. The quantitative estimate of drug-likeness (QED) is 0.751. The van der Waals surface area contributed by atoms with Crippen molar-refractivity contribution in [1.29, 1.82) is 0 Å². The fourth-order valence-corrected chi connectivity index (χ4v) is 2.21. The molecule has 0 aliphatic heterocycles. The predicted octanol–water partition coefficient (Wildman–Crippen LogP) is 3.03. The van der Waals surface area contributed by atoms with Crippen LogP contribution >= 0.6 is 0 Å². The fourth-order valence-electron chi connectivity index (χ4n) is 2.21. The summed E-state index contributed by atoms with van der Waals surface area (Å²) in [4.78, 5) is 11.9. The van der Waals surface area contributed by atoms with Crippen molar-refractivity contribution >= 4 is 0 Å². The van der Waals surface area contributed by atoms with Gasteiger partial charge in [-0.2, -0.15) is 0 Å². The number of hydrogen-bond donors (Lipinski definition) is 0. The molecule has 2 rings (SSSR count). The molecule has 0 saturated carbocycles. The number of pyridine rings is 1. The van der Waals surface area contributed by atoms with Crippen LogP contribution in [-0.4, -0.2) is 24.9 Å². The SMILES string of the molecule is CCCOc1c(C)n(CCOc2ccc(OC)cc2)ccc1=O. The molecule has 23 heavy (non-hydrogen) atoms. The number of benzene rings is 1. The van der Waals surface area contributed by atoms with Gasteiger partial charge in [0.25, 0.3) is 0 Å². The van der Waals surface area contributed by atoms with Crippen LogP contribution in [0.25, 0.3) is 0 Å². The molecule has 0 aliphatic carbocycles. The highest BCUT2D eigenvalue weighted by atomic mass is 16.5. The molecule has 0 bridgehead atoms. The van der Waals surface area contributed by atoms with E-state index < -0.39 is 0 Å². The summed E-state index contributed by atoms with van der Waals surface area (Å²) in [6, 6.07) is 8.98. The molecular weight excluding hydrogens is 294 g/mol. The molecule has 0 aliphatic rings. The van der Waals surface area contributed by atoms with Crippen LogP contribution in [0.3, 0.4) is 0 Å². The number of ether oxygens (including phenoxy) is 3. The third kappa shape index (κ3) is 4.52. The van der Waals surface area contributed by atoms with Crippen molar-refractivity contribution in [3.8, 4) is 17.2 Å². The lowest BCUT2D eigenvalue weighted by atomic mass is 10.3. The predicted molar refractivity (Wildman–Crippen MR) is 89.7 cm³/mol. The maximum Gasteiger partial charge on any atom is 0.223 e. The summed E-state index contributed by atoms with van der Waals surface area (Å²) in [5, 5.41) is 0. The van der Waals surface area contributed by atoms with Crippen molar-refractivity contribution in [2.45, 2.75) is 26.8 Å². The minimum Gasteiger partial charge on any atom is -0.497 e. The molecule has 0 atom stereocenters. The first-order chi connectivity index (χ1) is 11.2. The van der Waals surface area contributed by atoms with Gasteiger partial charge in [0.15, 0.2) is 5.75 Å². The number of aromatic nitrogens is 1. The molecule has 0 radical (unpaired) electrons. The van der Waals surface area contributed by atoms with Gasteiger partial charge in [-0.15, -0.1) is 0 Å². The minimum absolute atomic E-state index is 0.0803. The molecule has 0 N–H and O–H groups in total. The van der Waals surface area contributed by atoms with Crippen molar-refractivity contribution < 1.29 is 14.2 Å². The van der Waals surface area contributed by atoms with Crippen LogP contribution in [0.2, 0.25) is 0 Å². The van der Waals surface area contributed by atoms with Gasteiger partial charge >= 0.3 is 0 Å². The van der Waals surface area contributed by atoms with Crippen LogP contribution in [0.1, 0.15) is 19.0 Å². The lowest BCUT2D eigenvalue weighted by Gasteiger charge is -2.15. The Morgan fingerprint density at radius 2 is 1.70 bits per heavy atom. The van der Waals surface area contributed by atoms with Crippen LogP contribution in [0, 0.1) is 6.92 Å². The zero-order valence-electron chi connectivity index (χ0n) is 13.9. The minimum atomic E-state index is -0.0803. The molecule has 0 fully saturated rings. The van der Waals surface area contributed by atoms with Crippen molar-refractivity contribution in [3.63, 3.8) is 0 Å². The normalized spacial score (nSPS) is 10.4. The van der Waals surface area contributed by atoms with Gasteiger partial charge in [0.1, 0.15) is 18.1 Å². The number of hydrogen-bond acceptors (Lipinski definition) is 4. The van der Waals surface area contributed by atoms with Crippen molar-refractivity contribution in [3.05, 3.63) is 52.4 Å². The van der Waals surface area contributed by atoms with E-state index in [9.17, 15) is 4.79 Å². The molecule has 2 aromatic rings. The Hall–Kier alpha value is -2.43. The maximum absolute atomic E-state index is 11.9. The van der Waals surface area contributed by atoms with Crippen molar-refractivity contribution in [1.82, 2.24) is 4.57 Å². The lowest BCUT2D eigenvalue weighted by molar-refractivity contribution is 0.287. The van der Waals surface area contributed by atoms with Gasteiger partial charge in [0.2, 0.25) is 5.43 Å². The Morgan fingerprint density at radius 1 is 1.00 bits per heavy atom. The van der Waals surface area contributed by atoms with E-state index in [0.29, 0.717) is 25.5 Å². The lowest BCUT2D eigenvalue weighted by Crippen LogP contribution is -2.17. The van der Waals surface area contributed by atoms with E-state index in [1.54, 1.807) is 13.3 Å². The Labute approximate surface area is 136 Å². The van der Waals surface area contributed by atoms with E-state index in [1.807, 2.05) is 42.7 Å². The summed E-state index contributed by atoms with van der Waals surface area (Å²) in [6.07, 6.45) is 2.64. The summed E-state index contributed by atoms with van der Waals surface area (Å²) in [5.41, 5.74) is 0.743. The van der Waals surface area contributed by atoms with E-state index in [1.165, 1.54) is 6.07 Å². The largest absolute Gasteiger partial charge is 0.497 e. The highest BCUT2D eigenvalue weighted by Crippen LogP contribution is 2.17. The maximum atomic E-state index is 11.9. The van der Waals surface area contributed by atoms with Gasteiger partial charge in [-0.25, -0.2) is 0 Å². The average molecular weight is 317 g/mol. The van der Waals surface area contributed by atoms with Gasteiger partial charge in [0, 0.05) is 12.3 Å². The van der Waals surface area contributed by atoms with Crippen molar-refractivity contribution in [2.24, 2.45) is 0 Å². The van der Waals surface area contributed by atoms with Crippen LogP contribution in [0.15, 0.2) is 41.3 Å². The summed E-state index contributed by atoms with van der Waals surface area (Å²) in [7, 11) is 1.63. The van der Waals surface area contributed by atoms with Crippen molar-refractivity contribution in [2.75, 3.05) is 20.3 Å². The monoisotopic (exact) mass is 317 g/mol. The fraction of sp³-hybridized carbons (Fsp3) is 0.389. The second-order valence-electron chi connectivity index (χ2n) is 5.16. The Bertz CT molecular complexity index is 676. The van der Waals surface area contributed by atoms with Crippen LogP contribution in [0.4, 0.5) is 0 Å². The third-order valence-electron chi connectivity index (χ3n) is 3.50. The van der Waals surface area contributed by atoms with E-state index in [-0.39, 0.29) is 5.43 Å². The zero-order valence-corrected chi connectivity index (χ0v) is 13.9. The average Bonchev–Trinajstić information content (AvgIpc) is 2.57. The number of methoxy groups -OCH3 is 1. The topological polar surface area (TPSA) is 49.7 Å². The molecule has 1 aromatic heterocycles. The molecule has 0 spiro atoms. The number of rotatable bonds is 8. The zero-order chi connectivity index (χ0) is 16.7. The van der Waals surface area contributed by atoms with E-state index in [0.717, 1.165) is 23.6 Å². The van der Waals surface area contributed by atoms with Crippen LogP contribution in [0.5, 0.6) is 17.2 Å². The molecule has 5 heteroatoms. The molecule has 1 aromatic carbocycles. The highest BCUT2D eigenvalue weighted by molar-refractivity contribution is 5.31. The van der Waals surface area contributed by atoms with Gasteiger partial charge in [-0.1, -0.05) is 6.92 Å². The van der Waals surface area contributed by atoms with Crippen LogP contribution < -0.4 is 19.6 Å².